The molecule has 0 bridgehead atoms. The topological polar surface area (TPSA) is 187 Å². The number of carbonyl (C=O) groups excluding carboxylic acids is 4. The number of ether oxygens (including phenoxy) is 1. The molecule has 1 heterocycles. The van der Waals surface area contributed by atoms with Gasteiger partial charge in [0.15, 0.2) is 5.58 Å². The van der Waals surface area contributed by atoms with Gasteiger partial charge in [-0.05, 0) is 67.7 Å². The molecule has 12 heteroatoms. The van der Waals surface area contributed by atoms with Crippen molar-refractivity contribution in [3.63, 3.8) is 0 Å². The highest BCUT2D eigenvalue weighted by atomic mass is 16.5. The average molecular weight is 718 g/mol. The number of esters is 1. The lowest BCUT2D eigenvalue weighted by Gasteiger charge is -2.26. The molecule has 2 atom stereocenters. The predicted molar refractivity (Wildman–Crippen MR) is 195 cm³/mol. The number of furan rings is 1. The number of hydrogen-bond acceptors (Lipinski definition) is 9. The molecule has 0 saturated heterocycles. The van der Waals surface area contributed by atoms with E-state index in [2.05, 4.69) is 34.7 Å². The quantitative estimate of drug-likeness (QED) is 0.0693. The van der Waals surface area contributed by atoms with Gasteiger partial charge in [0, 0.05) is 57.8 Å². The summed E-state index contributed by atoms with van der Waals surface area (Å²) < 4.78 is 12.3. The summed E-state index contributed by atoms with van der Waals surface area (Å²) in [6, 6.07) is 10.5. The lowest BCUT2D eigenvalue weighted by atomic mass is 9.89. The van der Waals surface area contributed by atoms with Gasteiger partial charge in [-0.25, -0.2) is 4.79 Å². The van der Waals surface area contributed by atoms with Crippen molar-refractivity contribution >= 4 is 34.7 Å². The van der Waals surface area contributed by atoms with E-state index in [9.17, 15) is 34.5 Å². The van der Waals surface area contributed by atoms with Gasteiger partial charge in [0.2, 0.25) is 17.7 Å². The van der Waals surface area contributed by atoms with E-state index in [-0.39, 0.29) is 57.3 Å². The minimum atomic E-state index is -1.14. The molecular formula is C40H51N3O9. The van der Waals surface area contributed by atoms with Crippen LogP contribution in [0.1, 0.15) is 91.6 Å². The largest absolute Gasteiger partial charge is 0.459 e. The van der Waals surface area contributed by atoms with Gasteiger partial charge >= 0.3 is 5.97 Å². The van der Waals surface area contributed by atoms with Gasteiger partial charge in [0.25, 0.3) is 0 Å². The van der Waals surface area contributed by atoms with Crippen LogP contribution < -0.4 is 16.0 Å². The first kappa shape index (κ1) is 40.1. The highest BCUT2D eigenvalue weighted by molar-refractivity contribution is 6.06. The number of carbonyl (C=O) groups is 4. The van der Waals surface area contributed by atoms with Crippen molar-refractivity contribution in [3.8, 4) is 11.8 Å². The van der Waals surface area contributed by atoms with Crippen LogP contribution >= 0.6 is 0 Å². The van der Waals surface area contributed by atoms with Crippen LogP contribution in [0.2, 0.25) is 0 Å². The van der Waals surface area contributed by atoms with E-state index in [4.69, 9.17) is 9.15 Å². The van der Waals surface area contributed by atoms with Crippen LogP contribution in [0.4, 0.5) is 0 Å². The third-order valence-electron chi connectivity index (χ3n) is 9.07. The molecule has 1 aliphatic carbocycles. The Balaban J connectivity index is 1.75. The second-order valence-corrected chi connectivity index (χ2v) is 13.4. The Hall–Kier alpha value is -4.70. The Bertz CT molecular complexity index is 1720. The number of fused-ring (bicyclic) bond motifs is 1. The predicted octanol–water partition coefficient (Wildman–Crippen LogP) is 3.10. The molecule has 1 aromatic heterocycles. The molecule has 12 nitrogen and oxygen atoms in total. The van der Waals surface area contributed by atoms with E-state index < -0.39 is 35.8 Å². The number of nitrogens with one attached hydrogen (secondary N) is 3. The van der Waals surface area contributed by atoms with Gasteiger partial charge in [0.05, 0.1) is 12.2 Å². The highest BCUT2D eigenvalue weighted by Crippen LogP contribution is 2.34. The lowest BCUT2D eigenvalue weighted by Crippen LogP contribution is -2.55. The summed E-state index contributed by atoms with van der Waals surface area (Å²) in [5.74, 6) is 5.00. The van der Waals surface area contributed by atoms with Crippen molar-refractivity contribution in [2.45, 2.75) is 96.2 Å². The Morgan fingerprint density at radius 3 is 2.25 bits per heavy atom. The molecule has 3 amide bonds. The van der Waals surface area contributed by atoms with Crippen LogP contribution in [-0.4, -0.2) is 83.6 Å². The fraction of sp³-hybridized carbons (Fsp3) is 0.500. The first-order valence-corrected chi connectivity index (χ1v) is 18.1. The molecule has 0 spiro atoms. The molecule has 1 saturated carbocycles. The summed E-state index contributed by atoms with van der Waals surface area (Å²) >= 11 is 0. The SMILES string of the molecule is CC(=O)N[C@@H](Cc1ccccc1)C(=O)N[C@@H](Cc1cc(C#CCCCO)c2oc(CCCO)c(C(=O)OC3CCC(C)CC3)c2c1)C(=O)NCCO. The molecular weight excluding hydrogens is 666 g/mol. The Morgan fingerprint density at radius 2 is 1.58 bits per heavy atom. The van der Waals surface area contributed by atoms with Crippen LogP contribution in [0.3, 0.4) is 0 Å². The van der Waals surface area contributed by atoms with Gasteiger partial charge in [0.1, 0.15) is 29.5 Å². The number of hydrogen-bond donors (Lipinski definition) is 6. The maximum atomic E-state index is 13.9. The molecule has 52 heavy (non-hydrogen) atoms. The van der Waals surface area contributed by atoms with Crippen molar-refractivity contribution in [2.24, 2.45) is 5.92 Å². The number of aryl methyl sites for hydroxylation is 1. The Morgan fingerprint density at radius 1 is 0.885 bits per heavy atom. The maximum absolute atomic E-state index is 13.9. The molecule has 0 radical (unpaired) electrons. The molecule has 1 aliphatic rings. The molecule has 0 unspecified atom stereocenters. The number of aliphatic hydroxyl groups excluding tert-OH is 3. The standard InChI is InChI=1S/C40H51N3O9/c1-26-14-16-31(17-15-26)51-40(50)36-32-23-29(22-30(12-7-4-8-19-44)37(32)52-35(36)13-9-20-45)25-33(38(48)41-18-21-46)43-39(49)34(42-27(2)47)24-28-10-5-3-6-11-28/h3,5-6,10-11,22-23,26,31,33-34,44-46H,4,8-9,13-21,24-25H2,1-2H3,(H,41,48)(H,42,47)(H,43,49)/t26?,31?,33-,34-/m0/s1. The van der Waals surface area contributed by atoms with Gasteiger partial charge in [-0.2, -0.15) is 0 Å². The summed E-state index contributed by atoms with van der Waals surface area (Å²) in [6.07, 6.45) is 4.85. The van der Waals surface area contributed by atoms with E-state index >= 15 is 0 Å². The van der Waals surface area contributed by atoms with E-state index in [0.29, 0.717) is 53.0 Å². The van der Waals surface area contributed by atoms with E-state index in [1.807, 2.05) is 30.3 Å². The summed E-state index contributed by atoms with van der Waals surface area (Å²) in [4.78, 5) is 53.2. The monoisotopic (exact) mass is 717 g/mol. The third-order valence-corrected chi connectivity index (χ3v) is 9.07. The zero-order chi connectivity index (χ0) is 37.5. The Labute approximate surface area is 304 Å². The fourth-order valence-electron chi connectivity index (χ4n) is 6.37. The first-order chi connectivity index (χ1) is 25.1. The van der Waals surface area contributed by atoms with Crippen LogP contribution in [0, 0.1) is 17.8 Å². The van der Waals surface area contributed by atoms with Crippen molar-refractivity contribution in [3.05, 3.63) is 70.5 Å². The number of amides is 3. The summed E-state index contributed by atoms with van der Waals surface area (Å²) in [6.45, 7) is 3.00. The number of aliphatic hydroxyl groups is 3. The van der Waals surface area contributed by atoms with Crippen molar-refractivity contribution in [1.29, 1.82) is 0 Å². The van der Waals surface area contributed by atoms with Crippen LogP contribution in [0.25, 0.3) is 11.0 Å². The second-order valence-electron chi connectivity index (χ2n) is 13.4. The van der Waals surface area contributed by atoms with Gasteiger partial charge in [-0.1, -0.05) is 49.1 Å². The van der Waals surface area contributed by atoms with Crippen LogP contribution in [0.5, 0.6) is 0 Å². The Kier molecular flexibility index (Phi) is 15.7. The maximum Gasteiger partial charge on any atom is 0.342 e. The van der Waals surface area contributed by atoms with E-state index in [0.717, 1.165) is 31.2 Å². The third kappa shape index (κ3) is 11.7. The molecule has 6 N–H and O–H groups in total. The molecule has 3 aromatic rings. The average Bonchev–Trinajstić information content (AvgIpc) is 3.50. The molecule has 4 rings (SSSR count). The molecule has 0 aliphatic heterocycles. The van der Waals surface area contributed by atoms with Crippen molar-refractivity contribution in [1.82, 2.24) is 16.0 Å². The second kappa shape index (κ2) is 20.4. The summed E-state index contributed by atoms with van der Waals surface area (Å²) in [5, 5.41) is 36.9. The first-order valence-electron chi connectivity index (χ1n) is 18.1. The highest BCUT2D eigenvalue weighted by Gasteiger charge is 2.30. The molecule has 280 valence electrons. The lowest BCUT2D eigenvalue weighted by molar-refractivity contribution is -0.131. The van der Waals surface area contributed by atoms with Crippen molar-refractivity contribution in [2.75, 3.05) is 26.4 Å². The number of unbranched alkanes of at least 4 members (excludes halogenated alkanes) is 1. The fourth-order valence-corrected chi connectivity index (χ4v) is 6.37. The van der Waals surface area contributed by atoms with Crippen molar-refractivity contribution < 1.29 is 43.7 Å². The van der Waals surface area contributed by atoms with Gasteiger partial charge in [-0.15, -0.1) is 0 Å². The minimum absolute atomic E-state index is 0.0276. The van der Waals surface area contributed by atoms with Crippen LogP contribution in [0.15, 0.2) is 46.9 Å². The molecule has 2 aromatic carbocycles. The van der Waals surface area contributed by atoms with E-state index in [1.165, 1.54) is 6.92 Å². The summed E-state index contributed by atoms with van der Waals surface area (Å²) in [5.41, 5.74) is 2.41. The smallest absolute Gasteiger partial charge is 0.342 e. The zero-order valence-corrected chi connectivity index (χ0v) is 30.0. The zero-order valence-electron chi connectivity index (χ0n) is 30.0. The van der Waals surface area contributed by atoms with Gasteiger partial charge < -0.3 is 40.4 Å². The minimum Gasteiger partial charge on any atom is -0.459 e. The molecule has 1 fully saturated rings. The van der Waals surface area contributed by atoms with E-state index in [1.54, 1.807) is 12.1 Å². The summed E-state index contributed by atoms with van der Waals surface area (Å²) in [7, 11) is 0. The normalized spacial score (nSPS) is 16.6. The van der Waals surface area contributed by atoms with Crippen LogP contribution in [-0.2, 0) is 38.4 Å². The number of benzene rings is 2. The van der Waals surface area contributed by atoms with Gasteiger partial charge in [-0.3, -0.25) is 14.4 Å². The number of rotatable bonds is 17.